The molecule has 3 amide bonds. The van der Waals surface area contributed by atoms with Crippen LogP contribution in [0.3, 0.4) is 0 Å². The molecule has 10 nitrogen and oxygen atoms in total. The fourth-order valence-electron chi connectivity index (χ4n) is 3.40. The van der Waals surface area contributed by atoms with E-state index >= 15 is 0 Å². The molecule has 0 bridgehead atoms. The molecule has 1 fully saturated rings. The first-order valence-corrected chi connectivity index (χ1v) is 11.0. The van der Waals surface area contributed by atoms with E-state index in [0.717, 1.165) is 24.2 Å². The largest absolute Gasteiger partial charge is 0.497 e. The number of benzene rings is 1. The van der Waals surface area contributed by atoms with Gasteiger partial charge in [0.2, 0.25) is 17.7 Å². The number of rotatable bonds is 11. The Hall–Kier alpha value is -3.40. The van der Waals surface area contributed by atoms with Gasteiger partial charge >= 0.3 is 0 Å². The van der Waals surface area contributed by atoms with Crippen LogP contribution in [-0.2, 0) is 25.7 Å². The highest BCUT2D eigenvalue weighted by Gasteiger charge is 2.24. The molecule has 178 valence electrons. The second-order valence-corrected chi connectivity index (χ2v) is 7.84. The lowest BCUT2D eigenvalue weighted by molar-refractivity contribution is -0.126. The molecule has 33 heavy (non-hydrogen) atoms. The Labute approximate surface area is 192 Å². The molecule has 1 aliphatic heterocycles. The Kier molecular flexibility index (Phi) is 8.82. The van der Waals surface area contributed by atoms with Crippen molar-refractivity contribution in [3.8, 4) is 5.75 Å². The van der Waals surface area contributed by atoms with Crippen LogP contribution in [0.2, 0.25) is 0 Å². The van der Waals surface area contributed by atoms with Gasteiger partial charge in [-0.15, -0.1) is 0 Å². The molecule has 0 saturated carbocycles. The number of ether oxygens (including phenoxy) is 2. The number of nitrogens with one attached hydrogen (secondary N) is 2. The van der Waals surface area contributed by atoms with E-state index in [-0.39, 0.29) is 43.1 Å². The molecule has 1 saturated heterocycles. The smallest absolute Gasteiger partial charge is 0.240 e. The van der Waals surface area contributed by atoms with Crippen LogP contribution in [0.1, 0.15) is 37.0 Å². The maximum Gasteiger partial charge on any atom is 0.240 e. The van der Waals surface area contributed by atoms with Crippen LogP contribution in [0.5, 0.6) is 5.75 Å². The van der Waals surface area contributed by atoms with Crippen molar-refractivity contribution in [2.75, 3.05) is 31.7 Å². The summed E-state index contributed by atoms with van der Waals surface area (Å²) in [6.07, 6.45) is 1.79. The van der Waals surface area contributed by atoms with E-state index < -0.39 is 5.91 Å². The lowest BCUT2D eigenvalue weighted by atomic mass is 10.2. The van der Waals surface area contributed by atoms with Crippen molar-refractivity contribution in [1.82, 2.24) is 15.8 Å². The lowest BCUT2D eigenvalue weighted by Gasteiger charge is -2.20. The molecule has 2 heterocycles. The number of carbonyl (C=O) groups is 3. The number of anilines is 1. The van der Waals surface area contributed by atoms with E-state index in [2.05, 4.69) is 15.8 Å². The third-order valence-electron chi connectivity index (χ3n) is 5.26. The Bertz CT molecular complexity index is 937. The number of carbonyl (C=O) groups excluding carboxylic acids is 3. The van der Waals surface area contributed by atoms with Gasteiger partial charge in [0.15, 0.2) is 5.82 Å². The minimum atomic E-state index is -0.393. The topological polar surface area (TPSA) is 123 Å². The maximum atomic E-state index is 12.8. The van der Waals surface area contributed by atoms with Gasteiger partial charge in [0.1, 0.15) is 18.1 Å². The molecule has 1 aliphatic rings. The third kappa shape index (κ3) is 7.60. The second-order valence-electron chi connectivity index (χ2n) is 7.84. The van der Waals surface area contributed by atoms with Crippen LogP contribution in [0.4, 0.5) is 5.82 Å². The first-order chi connectivity index (χ1) is 15.9. The van der Waals surface area contributed by atoms with E-state index in [1.54, 1.807) is 20.1 Å². The van der Waals surface area contributed by atoms with Crippen molar-refractivity contribution in [1.29, 1.82) is 0 Å². The molecular weight excluding hydrogens is 428 g/mol. The van der Waals surface area contributed by atoms with Crippen LogP contribution in [0.25, 0.3) is 0 Å². The minimum absolute atomic E-state index is 0.00166. The molecule has 1 atom stereocenters. The molecule has 3 rings (SSSR count). The Morgan fingerprint density at radius 1 is 1.15 bits per heavy atom. The predicted molar refractivity (Wildman–Crippen MR) is 120 cm³/mol. The summed E-state index contributed by atoms with van der Waals surface area (Å²) in [5.41, 5.74) is 0.915. The quantitative estimate of drug-likeness (QED) is 0.526. The Morgan fingerprint density at radius 3 is 2.58 bits per heavy atom. The van der Waals surface area contributed by atoms with Crippen LogP contribution in [-0.4, -0.2) is 55.8 Å². The van der Waals surface area contributed by atoms with E-state index in [0.29, 0.717) is 25.5 Å². The maximum absolute atomic E-state index is 12.8. The fourth-order valence-corrected chi connectivity index (χ4v) is 3.40. The van der Waals surface area contributed by atoms with Gasteiger partial charge in [-0.3, -0.25) is 19.3 Å². The van der Waals surface area contributed by atoms with Gasteiger partial charge in [0, 0.05) is 38.6 Å². The van der Waals surface area contributed by atoms with Gasteiger partial charge in [-0.1, -0.05) is 17.3 Å². The predicted octanol–water partition coefficient (Wildman–Crippen LogP) is 1.72. The van der Waals surface area contributed by atoms with Crippen LogP contribution in [0.15, 0.2) is 34.9 Å². The third-order valence-corrected chi connectivity index (χ3v) is 5.26. The van der Waals surface area contributed by atoms with Gasteiger partial charge in [0.25, 0.3) is 0 Å². The van der Waals surface area contributed by atoms with Gasteiger partial charge in [0.05, 0.1) is 13.2 Å². The monoisotopic (exact) mass is 458 g/mol. The molecule has 1 aromatic heterocycles. The molecule has 10 heteroatoms. The summed E-state index contributed by atoms with van der Waals surface area (Å²) in [6.45, 7) is 2.92. The van der Waals surface area contributed by atoms with Crippen LogP contribution in [0, 0.1) is 6.92 Å². The summed E-state index contributed by atoms with van der Waals surface area (Å²) < 4.78 is 15.7. The van der Waals surface area contributed by atoms with Crippen molar-refractivity contribution in [2.24, 2.45) is 0 Å². The number of amides is 3. The van der Waals surface area contributed by atoms with Crippen LogP contribution < -0.4 is 20.3 Å². The van der Waals surface area contributed by atoms with E-state index in [1.165, 1.54) is 4.90 Å². The van der Waals surface area contributed by atoms with Gasteiger partial charge in [-0.25, -0.2) is 0 Å². The average molecular weight is 459 g/mol. The number of methoxy groups -OCH3 is 1. The molecule has 0 spiro atoms. The Balaban J connectivity index is 1.49. The number of hydrogen-bond acceptors (Lipinski definition) is 7. The van der Waals surface area contributed by atoms with Crippen molar-refractivity contribution in [3.05, 3.63) is 41.7 Å². The standard InChI is InChI=1S/C23H30N4O6/c1-16-12-20(26-33-16)27(15-22(29)25-14-19-4-3-11-32-19)23(30)10-9-21(28)24-13-17-5-7-18(31-2)8-6-17/h5-8,12,19H,3-4,9-11,13-15H2,1-2H3,(H,24,28)(H,25,29)/t19-/m0/s1. The van der Waals surface area contributed by atoms with Crippen molar-refractivity contribution >= 4 is 23.5 Å². The summed E-state index contributed by atoms with van der Waals surface area (Å²) in [5, 5.41) is 9.44. The summed E-state index contributed by atoms with van der Waals surface area (Å²) in [6, 6.07) is 8.91. The molecule has 0 radical (unpaired) electrons. The Morgan fingerprint density at radius 2 is 1.94 bits per heavy atom. The van der Waals surface area contributed by atoms with E-state index in [4.69, 9.17) is 14.0 Å². The number of hydrogen-bond donors (Lipinski definition) is 2. The molecule has 2 aromatic rings. The number of aryl methyl sites for hydroxylation is 1. The average Bonchev–Trinajstić information content (AvgIpc) is 3.50. The zero-order valence-electron chi connectivity index (χ0n) is 19.0. The van der Waals surface area contributed by atoms with Gasteiger partial charge in [-0.05, 0) is 37.5 Å². The molecule has 0 unspecified atom stereocenters. The van der Waals surface area contributed by atoms with Gasteiger partial charge < -0.3 is 24.6 Å². The van der Waals surface area contributed by atoms with E-state index in [9.17, 15) is 14.4 Å². The highest BCUT2D eigenvalue weighted by Crippen LogP contribution is 2.16. The van der Waals surface area contributed by atoms with Crippen molar-refractivity contribution in [2.45, 2.75) is 45.3 Å². The first kappa shape index (κ1) is 24.2. The second kappa shape index (κ2) is 12.0. The zero-order chi connectivity index (χ0) is 23.6. The SMILES string of the molecule is COc1ccc(CNC(=O)CCC(=O)N(CC(=O)NC[C@@H]2CCCO2)c2cc(C)on2)cc1. The summed E-state index contributed by atoms with van der Waals surface area (Å²) in [5.74, 6) is 0.499. The summed E-state index contributed by atoms with van der Waals surface area (Å²) in [4.78, 5) is 38.8. The molecule has 2 N–H and O–H groups in total. The fraction of sp³-hybridized carbons (Fsp3) is 0.478. The molecule has 1 aromatic carbocycles. The highest BCUT2D eigenvalue weighted by atomic mass is 16.5. The van der Waals surface area contributed by atoms with Crippen LogP contribution >= 0.6 is 0 Å². The van der Waals surface area contributed by atoms with Gasteiger partial charge in [-0.2, -0.15) is 0 Å². The van der Waals surface area contributed by atoms with E-state index in [1.807, 2.05) is 24.3 Å². The first-order valence-electron chi connectivity index (χ1n) is 11.0. The zero-order valence-corrected chi connectivity index (χ0v) is 19.0. The van der Waals surface area contributed by atoms with Crippen molar-refractivity contribution in [3.63, 3.8) is 0 Å². The van der Waals surface area contributed by atoms with Crippen molar-refractivity contribution < 1.29 is 28.4 Å². The number of aromatic nitrogens is 1. The molecule has 0 aliphatic carbocycles. The minimum Gasteiger partial charge on any atom is -0.497 e. The molecular formula is C23H30N4O6. The lowest BCUT2D eigenvalue weighted by Crippen LogP contribution is -2.43. The summed E-state index contributed by atoms with van der Waals surface area (Å²) >= 11 is 0. The normalized spacial score (nSPS) is 15.2. The number of nitrogens with zero attached hydrogens (tertiary/aromatic N) is 2. The summed E-state index contributed by atoms with van der Waals surface area (Å²) in [7, 11) is 1.59. The highest BCUT2D eigenvalue weighted by molar-refractivity contribution is 5.99.